The highest BCUT2D eigenvalue weighted by atomic mass is 16.2. The van der Waals surface area contributed by atoms with Crippen molar-refractivity contribution < 1.29 is 4.79 Å². The van der Waals surface area contributed by atoms with Crippen LogP contribution >= 0.6 is 0 Å². The van der Waals surface area contributed by atoms with Gasteiger partial charge in [-0.2, -0.15) is 0 Å². The third-order valence-electron chi connectivity index (χ3n) is 4.93. The van der Waals surface area contributed by atoms with Crippen LogP contribution in [0, 0.1) is 5.92 Å². The van der Waals surface area contributed by atoms with E-state index in [1.165, 1.54) is 12.8 Å². The van der Waals surface area contributed by atoms with Gasteiger partial charge in [-0.05, 0) is 45.2 Å². The first-order valence-corrected chi connectivity index (χ1v) is 7.67. The number of hydrogen-bond donors (Lipinski definition) is 1. The Morgan fingerprint density at radius 2 is 2.11 bits per heavy atom. The van der Waals surface area contributed by atoms with Gasteiger partial charge in [-0.1, -0.05) is 19.8 Å². The molecule has 2 rings (SSSR count). The molecule has 0 radical (unpaired) electrons. The van der Waals surface area contributed by atoms with E-state index in [2.05, 4.69) is 18.9 Å². The third kappa shape index (κ3) is 3.29. The zero-order valence-corrected chi connectivity index (χ0v) is 12.7. The van der Waals surface area contributed by atoms with Crippen LogP contribution in [-0.2, 0) is 4.79 Å². The molecular weight excluding hydrogens is 238 g/mol. The lowest BCUT2D eigenvalue weighted by molar-refractivity contribution is -0.140. The van der Waals surface area contributed by atoms with Gasteiger partial charge in [0.25, 0.3) is 0 Å². The van der Waals surface area contributed by atoms with Gasteiger partial charge < -0.3 is 15.5 Å². The van der Waals surface area contributed by atoms with E-state index >= 15 is 0 Å². The predicted molar refractivity (Wildman–Crippen MR) is 77.8 cm³/mol. The molecule has 1 aliphatic heterocycles. The number of piperidine rings is 1. The molecule has 1 aliphatic carbocycles. The van der Waals surface area contributed by atoms with Gasteiger partial charge in [0, 0.05) is 19.6 Å². The molecule has 3 unspecified atom stereocenters. The number of nitrogens with zero attached hydrogens (tertiary/aromatic N) is 2. The fraction of sp³-hybridized carbons (Fsp3) is 0.933. The number of amides is 1. The molecule has 1 heterocycles. The molecule has 0 aromatic rings. The number of rotatable bonds is 2. The van der Waals surface area contributed by atoms with Crippen molar-refractivity contribution in [3.63, 3.8) is 0 Å². The number of nitrogens with two attached hydrogens (primary N) is 1. The van der Waals surface area contributed by atoms with Crippen molar-refractivity contribution in [1.82, 2.24) is 9.80 Å². The molecule has 0 aromatic heterocycles. The van der Waals surface area contributed by atoms with Crippen molar-refractivity contribution in [2.45, 2.75) is 57.0 Å². The molecule has 1 saturated carbocycles. The fourth-order valence-electron chi connectivity index (χ4n) is 3.76. The summed E-state index contributed by atoms with van der Waals surface area (Å²) in [4.78, 5) is 17.0. The minimum atomic E-state index is -0.609. The van der Waals surface area contributed by atoms with E-state index in [0.29, 0.717) is 12.0 Å². The summed E-state index contributed by atoms with van der Waals surface area (Å²) < 4.78 is 0. The first-order valence-electron chi connectivity index (χ1n) is 7.67. The molecule has 0 bridgehead atoms. The van der Waals surface area contributed by atoms with Crippen molar-refractivity contribution in [1.29, 1.82) is 0 Å². The predicted octanol–water partition coefficient (Wildman–Crippen LogP) is 1.45. The maximum atomic E-state index is 12.8. The summed E-state index contributed by atoms with van der Waals surface area (Å²) in [6, 6.07) is 0.337. The zero-order valence-electron chi connectivity index (χ0n) is 12.7. The van der Waals surface area contributed by atoms with Gasteiger partial charge in [0.1, 0.15) is 0 Å². The minimum absolute atomic E-state index is 0.166. The van der Waals surface area contributed by atoms with E-state index in [1.807, 2.05) is 11.9 Å². The first kappa shape index (κ1) is 14.8. The first-order chi connectivity index (χ1) is 8.92. The van der Waals surface area contributed by atoms with E-state index in [1.54, 1.807) is 0 Å². The summed E-state index contributed by atoms with van der Waals surface area (Å²) in [7, 11) is 4.07. The van der Waals surface area contributed by atoms with E-state index in [9.17, 15) is 4.79 Å². The molecule has 0 spiro atoms. The monoisotopic (exact) mass is 267 g/mol. The molecule has 2 aliphatic rings. The van der Waals surface area contributed by atoms with E-state index in [4.69, 9.17) is 5.73 Å². The highest BCUT2D eigenvalue weighted by Gasteiger charge is 2.41. The quantitative estimate of drug-likeness (QED) is 0.824. The van der Waals surface area contributed by atoms with E-state index < -0.39 is 5.54 Å². The van der Waals surface area contributed by atoms with Gasteiger partial charge in [0.2, 0.25) is 5.91 Å². The SMILES string of the molecule is CC1CCCC(N)(C(=O)N(C)C2CCCN(C)C2)C1. The molecule has 2 N–H and O–H groups in total. The standard InChI is InChI=1S/C15H29N3O/c1-12-6-4-8-15(16,10-12)14(19)18(3)13-7-5-9-17(2)11-13/h12-13H,4-11,16H2,1-3H3. The molecular formula is C15H29N3O. The smallest absolute Gasteiger partial charge is 0.242 e. The van der Waals surface area contributed by atoms with Crippen LogP contribution in [0.1, 0.15) is 45.4 Å². The Kier molecular flexibility index (Phi) is 4.51. The Morgan fingerprint density at radius 3 is 2.74 bits per heavy atom. The molecule has 4 heteroatoms. The lowest BCUT2D eigenvalue weighted by atomic mass is 9.76. The second-order valence-corrected chi connectivity index (χ2v) is 6.83. The van der Waals surface area contributed by atoms with E-state index in [0.717, 1.165) is 38.8 Å². The second kappa shape index (κ2) is 5.80. The van der Waals surface area contributed by atoms with Gasteiger partial charge in [0.15, 0.2) is 0 Å². The van der Waals surface area contributed by atoms with Crippen LogP contribution in [-0.4, -0.2) is 54.5 Å². The lowest BCUT2D eigenvalue weighted by Crippen LogP contribution is -2.60. The lowest BCUT2D eigenvalue weighted by Gasteiger charge is -2.42. The van der Waals surface area contributed by atoms with Crippen LogP contribution < -0.4 is 5.73 Å². The number of hydrogen-bond acceptors (Lipinski definition) is 3. The van der Waals surface area contributed by atoms with Crippen molar-refractivity contribution in [3.8, 4) is 0 Å². The zero-order chi connectivity index (χ0) is 14.0. The molecule has 3 atom stereocenters. The maximum Gasteiger partial charge on any atom is 0.242 e. The molecule has 4 nitrogen and oxygen atoms in total. The minimum Gasteiger partial charge on any atom is -0.340 e. The highest BCUT2D eigenvalue weighted by molar-refractivity contribution is 5.86. The summed E-state index contributed by atoms with van der Waals surface area (Å²) in [6.45, 7) is 4.33. The van der Waals surface area contributed by atoms with Gasteiger partial charge >= 0.3 is 0 Å². The van der Waals surface area contributed by atoms with Crippen LogP contribution in [0.2, 0.25) is 0 Å². The number of carbonyl (C=O) groups is 1. The van der Waals surface area contributed by atoms with Crippen molar-refractivity contribution in [2.75, 3.05) is 27.2 Å². The Morgan fingerprint density at radius 1 is 1.37 bits per heavy atom. The van der Waals surface area contributed by atoms with Crippen LogP contribution in [0.25, 0.3) is 0 Å². The third-order valence-corrected chi connectivity index (χ3v) is 4.93. The summed E-state index contributed by atoms with van der Waals surface area (Å²) in [5.74, 6) is 0.740. The highest BCUT2D eigenvalue weighted by Crippen LogP contribution is 2.32. The Balaban J connectivity index is 2.01. The van der Waals surface area contributed by atoms with Crippen molar-refractivity contribution in [2.24, 2.45) is 11.7 Å². The van der Waals surface area contributed by atoms with Gasteiger partial charge in [-0.25, -0.2) is 0 Å². The number of likely N-dealkylation sites (tertiary alicyclic amines) is 1. The summed E-state index contributed by atoms with van der Waals surface area (Å²) in [5, 5.41) is 0. The topological polar surface area (TPSA) is 49.6 Å². The van der Waals surface area contributed by atoms with Gasteiger partial charge in [0.05, 0.1) is 5.54 Å². The molecule has 19 heavy (non-hydrogen) atoms. The molecule has 1 amide bonds. The van der Waals surface area contributed by atoms with Gasteiger partial charge in [-0.3, -0.25) is 4.79 Å². The largest absolute Gasteiger partial charge is 0.340 e. The fourth-order valence-corrected chi connectivity index (χ4v) is 3.76. The molecule has 1 saturated heterocycles. The van der Waals surface area contributed by atoms with Crippen molar-refractivity contribution >= 4 is 5.91 Å². The summed E-state index contributed by atoms with van der Waals surface area (Å²) >= 11 is 0. The Hall–Kier alpha value is -0.610. The number of likely N-dealkylation sites (N-methyl/N-ethyl adjacent to an activating group) is 2. The normalized spacial score (nSPS) is 37.1. The Labute approximate surface area is 117 Å². The average molecular weight is 267 g/mol. The molecule has 110 valence electrons. The second-order valence-electron chi connectivity index (χ2n) is 6.83. The number of carbonyl (C=O) groups excluding carboxylic acids is 1. The van der Waals surface area contributed by atoms with Crippen LogP contribution in [0.3, 0.4) is 0 Å². The average Bonchev–Trinajstić information content (AvgIpc) is 2.36. The Bertz CT molecular complexity index is 333. The summed E-state index contributed by atoms with van der Waals surface area (Å²) in [6.07, 6.45) is 6.27. The molecule has 2 fully saturated rings. The summed E-state index contributed by atoms with van der Waals surface area (Å²) in [5.41, 5.74) is 5.82. The maximum absolute atomic E-state index is 12.8. The van der Waals surface area contributed by atoms with Crippen LogP contribution in [0.5, 0.6) is 0 Å². The molecule has 0 aromatic carbocycles. The van der Waals surface area contributed by atoms with Crippen LogP contribution in [0.15, 0.2) is 0 Å². The van der Waals surface area contributed by atoms with Gasteiger partial charge in [-0.15, -0.1) is 0 Å². The van der Waals surface area contributed by atoms with E-state index in [-0.39, 0.29) is 5.91 Å². The van der Waals surface area contributed by atoms with Crippen LogP contribution in [0.4, 0.5) is 0 Å². The van der Waals surface area contributed by atoms with Crippen molar-refractivity contribution in [3.05, 3.63) is 0 Å².